The largest absolute Gasteiger partial charge is 0.474 e. The van der Waals surface area contributed by atoms with Crippen LogP contribution in [0.5, 0.6) is 5.75 Å². The fourth-order valence-corrected chi connectivity index (χ4v) is 2.39. The average molecular weight is 325 g/mol. The van der Waals surface area contributed by atoms with E-state index in [0.717, 1.165) is 17.2 Å². The van der Waals surface area contributed by atoms with Crippen LogP contribution in [0, 0.1) is 5.82 Å². The summed E-state index contributed by atoms with van der Waals surface area (Å²) in [6, 6.07) is 8.33. The molecular formula is C16H12FN5O2. The highest BCUT2D eigenvalue weighted by Gasteiger charge is 2.23. The Morgan fingerprint density at radius 3 is 2.88 bits per heavy atom. The van der Waals surface area contributed by atoms with E-state index in [1.807, 2.05) is 23.7 Å². The molecule has 7 nitrogen and oxygen atoms in total. The van der Waals surface area contributed by atoms with E-state index in [0.29, 0.717) is 11.4 Å². The fraction of sp³-hybridized carbons (Fsp3) is 0.125. The quantitative estimate of drug-likeness (QED) is 0.574. The maximum Gasteiger partial charge on any atom is 0.263 e. The minimum absolute atomic E-state index is 0.235. The zero-order valence-corrected chi connectivity index (χ0v) is 12.6. The second kappa shape index (κ2) is 5.73. The van der Waals surface area contributed by atoms with Crippen molar-refractivity contribution < 1.29 is 13.5 Å². The number of imidazole rings is 1. The van der Waals surface area contributed by atoms with Gasteiger partial charge in [-0.1, -0.05) is 0 Å². The standard InChI is InChI=1S/C16H12FN5O2/c1-22-8-19-12-5-3-11(6-14(12)22)24-15(16-21-20-9-23-16)13-4-2-10(17)7-18-13/h2-9,15H,1H3. The van der Waals surface area contributed by atoms with Crippen LogP contribution < -0.4 is 4.74 Å². The number of ether oxygens (including phenoxy) is 1. The Labute approximate surface area is 135 Å². The zero-order chi connectivity index (χ0) is 16.5. The van der Waals surface area contributed by atoms with E-state index in [2.05, 4.69) is 20.2 Å². The summed E-state index contributed by atoms with van der Waals surface area (Å²) in [6.07, 6.45) is 3.32. The molecule has 0 aliphatic heterocycles. The van der Waals surface area contributed by atoms with Crippen LogP contribution in [0.1, 0.15) is 17.7 Å². The van der Waals surface area contributed by atoms with Crippen molar-refractivity contribution in [2.75, 3.05) is 0 Å². The number of rotatable bonds is 4. The van der Waals surface area contributed by atoms with Crippen LogP contribution in [-0.4, -0.2) is 24.7 Å². The molecule has 24 heavy (non-hydrogen) atoms. The first-order valence-corrected chi connectivity index (χ1v) is 7.16. The molecule has 0 amide bonds. The molecule has 3 heterocycles. The van der Waals surface area contributed by atoms with Crippen molar-refractivity contribution in [3.63, 3.8) is 0 Å². The normalized spacial score (nSPS) is 12.4. The van der Waals surface area contributed by atoms with Gasteiger partial charge in [0.05, 0.1) is 29.3 Å². The van der Waals surface area contributed by atoms with E-state index in [4.69, 9.17) is 9.15 Å². The predicted molar refractivity (Wildman–Crippen MR) is 81.7 cm³/mol. The first-order chi connectivity index (χ1) is 11.7. The highest BCUT2D eigenvalue weighted by atomic mass is 19.1. The molecule has 3 aromatic heterocycles. The van der Waals surface area contributed by atoms with Crippen molar-refractivity contribution in [3.8, 4) is 5.75 Å². The summed E-state index contributed by atoms with van der Waals surface area (Å²) in [4.78, 5) is 8.32. The van der Waals surface area contributed by atoms with Gasteiger partial charge in [-0.3, -0.25) is 4.98 Å². The predicted octanol–water partition coefficient (Wildman–Crippen LogP) is 2.66. The lowest BCUT2D eigenvalue weighted by atomic mass is 10.2. The Morgan fingerprint density at radius 2 is 2.12 bits per heavy atom. The number of fused-ring (bicyclic) bond motifs is 1. The van der Waals surface area contributed by atoms with Crippen LogP contribution in [0.4, 0.5) is 4.39 Å². The van der Waals surface area contributed by atoms with Gasteiger partial charge in [0, 0.05) is 13.1 Å². The van der Waals surface area contributed by atoms with Crippen LogP contribution in [0.25, 0.3) is 11.0 Å². The third-order valence-electron chi connectivity index (χ3n) is 3.57. The first-order valence-electron chi connectivity index (χ1n) is 7.16. The number of pyridine rings is 1. The van der Waals surface area contributed by atoms with E-state index < -0.39 is 11.9 Å². The molecule has 0 aliphatic rings. The van der Waals surface area contributed by atoms with Gasteiger partial charge in [0.2, 0.25) is 12.5 Å². The van der Waals surface area contributed by atoms with Crippen molar-refractivity contribution >= 4 is 11.0 Å². The summed E-state index contributed by atoms with van der Waals surface area (Å²) in [5, 5.41) is 7.56. The van der Waals surface area contributed by atoms with Crippen LogP contribution in [0.2, 0.25) is 0 Å². The molecule has 0 bridgehead atoms. The van der Waals surface area contributed by atoms with Crippen molar-refractivity contribution in [2.45, 2.75) is 6.10 Å². The molecule has 8 heteroatoms. The molecule has 0 spiro atoms. The van der Waals surface area contributed by atoms with Gasteiger partial charge in [-0.15, -0.1) is 10.2 Å². The number of benzene rings is 1. The highest BCUT2D eigenvalue weighted by molar-refractivity contribution is 5.76. The summed E-state index contributed by atoms with van der Waals surface area (Å²) >= 11 is 0. The molecule has 0 radical (unpaired) electrons. The van der Waals surface area contributed by atoms with E-state index in [1.165, 1.54) is 18.5 Å². The Bertz CT molecular complexity index is 966. The van der Waals surface area contributed by atoms with Gasteiger partial charge in [-0.25, -0.2) is 9.37 Å². The van der Waals surface area contributed by atoms with Crippen molar-refractivity contribution in [2.24, 2.45) is 7.05 Å². The molecule has 0 saturated carbocycles. The fourth-order valence-electron chi connectivity index (χ4n) is 2.39. The van der Waals surface area contributed by atoms with E-state index in [9.17, 15) is 4.39 Å². The van der Waals surface area contributed by atoms with Crippen molar-refractivity contribution in [1.82, 2.24) is 24.7 Å². The Morgan fingerprint density at radius 1 is 1.21 bits per heavy atom. The number of halogens is 1. The van der Waals surface area contributed by atoms with Gasteiger partial charge in [-0.05, 0) is 24.3 Å². The van der Waals surface area contributed by atoms with Crippen LogP contribution in [0.3, 0.4) is 0 Å². The monoisotopic (exact) mass is 325 g/mol. The molecule has 120 valence electrons. The average Bonchev–Trinajstić information content (AvgIpc) is 3.24. The van der Waals surface area contributed by atoms with Gasteiger partial charge in [-0.2, -0.15) is 0 Å². The number of aryl methyl sites for hydroxylation is 1. The van der Waals surface area contributed by atoms with Crippen molar-refractivity contribution in [3.05, 3.63) is 66.7 Å². The molecule has 1 unspecified atom stereocenters. The lowest BCUT2D eigenvalue weighted by molar-refractivity contribution is 0.203. The van der Waals surface area contributed by atoms with Crippen LogP contribution in [-0.2, 0) is 7.05 Å². The molecule has 1 aromatic carbocycles. The summed E-state index contributed by atoms with van der Waals surface area (Å²) in [5.74, 6) is 0.388. The van der Waals surface area contributed by atoms with Gasteiger partial charge >= 0.3 is 0 Å². The molecule has 0 aliphatic carbocycles. The Hall–Kier alpha value is -3.29. The zero-order valence-electron chi connectivity index (χ0n) is 12.6. The Balaban J connectivity index is 1.73. The maximum atomic E-state index is 13.1. The van der Waals surface area contributed by atoms with E-state index in [-0.39, 0.29) is 5.89 Å². The van der Waals surface area contributed by atoms with Crippen LogP contribution >= 0.6 is 0 Å². The molecular weight excluding hydrogens is 313 g/mol. The third-order valence-corrected chi connectivity index (χ3v) is 3.57. The Kier molecular flexibility index (Phi) is 3.42. The SMILES string of the molecule is Cn1cnc2ccc(OC(c3ccc(F)cn3)c3nnco3)cc21. The smallest absolute Gasteiger partial charge is 0.263 e. The van der Waals surface area contributed by atoms with Gasteiger partial charge in [0.15, 0.2) is 0 Å². The molecule has 0 saturated heterocycles. The number of nitrogens with zero attached hydrogens (tertiary/aromatic N) is 5. The summed E-state index contributed by atoms with van der Waals surface area (Å²) in [7, 11) is 1.90. The van der Waals surface area contributed by atoms with Crippen molar-refractivity contribution in [1.29, 1.82) is 0 Å². The second-order valence-electron chi connectivity index (χ2n) is 5.18. The second-order valence-corrected chi connectivity index (χ2v) is 5.18. The van der Waals surface area contributed by atoms with E-state index >= 15 is 0 Å². The highest BCUT2D eigenvalue weighted by Crippen LogP contribution is 2.28. The minimum atomic E-state index is -0.737. The molecule has 4 rings (SSSR count). The summed E-state index contributed by atoms with van der Waals surface area (Å²) in [5.41, 5.74) is 2.24. The molecule has 0 fully saturated rings. The topological polar surface area (TPSA) is 78.9 Å². The summed E-state index contributed by atoms with van der Waals surface area (Å²) in [6.45, 7) is 0. The van der Waals surface area contributed by atoms with Gasteiger partial charge < -0.3 is 13.7 Å². The molecule has 1 atom stereocenters. The lowest BCUT2D eigenvalue weighted by Gasteiger charge is -2.15. The van der Waals surface area contributed by atoms with Crippen LogP contribution in [0.15, 0.2) is 53.7 Å². The number of hydrogen-bond donors (Lipinski definition) is 0. The molecule has 0 N–H and O–H groups in total. The van der Waals surface area contributed by atoms with Gasteiger partial charge in [0.1, 0.15) is 11.6 Å². The van der Waals surface area contributed by atoms with E-state index in [1.54, 1.807) is 12.4 Å². The number of aromatic nitrogens is 5. The first kappa shape index (κ1) is 14.3. The summed E-state index contributed by atoms with van der Waals surface area (Å²) < 4.78 is 26.3. The van der Waals surface area contributed by atoms with Gasteiger partial charge in [0.25, 0.3) is 5.89 Å². The third kappa shape index (κ3) is 2.58. The maximum absolute atomic E-state index is 13.1. The molecule has 4 aromatic rings. The lowest BCUT2D eigenvalue weighted by Crippen LogP contribution is -2.12. The minimum Gasteiger partial charge on any atom is -0.474 e. The number of hydrogen-bond acceptors (Lipinski definition) is 6.